The Labute approximate surface area is 172 Å². The van der Waals surface area contributed by atoms with Crippen LogP contribution >= 0.6 is 0 Å². The Morgan fingerprint density at radius 1 is 1.03 bits per heavy atom. The quantitative estimate of drug-likeness (QED) is 0.524. The van der Waals surface area contributed by atoms with Crippen LogP contribution in [0.4, 0.5) is 0 Å². The minimum Gasteiger partial charge on any atom is -0.504 e. The maximum absolute atomic E-state index is 13.6. The standard InChI is InChI=1S/C23H22N2O5/c1-24(2)6-7-25-22-14(16-9-18(26)19(28-3)11-17(16)23(25)27)5-4-13-8-20-21(10-15(13)22)30-12-29-20/h4-5,8-11,26H,6-7,12H2,1-3H3. The molecule has 0 unspecified atom stereocenters. The molecule has 30 heavy (non-hydrogen) atoms. The molecule has 1 aliphatic rings. The van der Waals surface area contributed by atoms with Crippen molar-refractivity contribution in [2.24, 2.45) is 0 Å². The minimum absolute atomic E-state index is 0.00234. The molecule has 1 aliphatic heterocycles. The van der Waals surface area contributed by atoms with Crippen molar-refractivity contribution in [2.75, 3.05) is 34.5 Å². The fourth-order valence-corrected chi connectivity index (χ4v) is 4.10. The molecule has 0 saturated heterocycles. The molecule has 5 rings (SSSR count). The summed E-state index contributed by atoms with van der Waals surface area (Å²) in [5, 5.41) is 14.3. The molecule has 0 bridgehead atoms. The van der Waals surface area contributed by atoms with Gasteiger partial charge in [-0.2, -0.15) is 0 Å². The second-order valence-electron chi connectivity index (χ2n) is 7.72. The molecule has 7 nitrogen and oxygen atoms in total. The summed E-state index contributed by atoms with van der Waals surface area (Å²) in [5.41, 5.74) is 0.692. The molecule has 0 spiro atoms. The van der Waals surface area contributed by atoms with Crippen molar-refractivity contribution in [1.29, 1.82) is 0 Å². The molecule has 0 fully saturated rings. The third-order valence-corrected chi connectivity index (χ3v) is 5.61. The van der Waals surface area contributed by atoms with E-state index in [1.807, 2.05) is 43.3 Å². The molecule has 1 N–H and O–H groups in total. The van der Waals surface area contributed by atoms with E-state index in [9.17, 15) is 9.90 Å². The predicted molar refractivity (Wildman–Crippen MR) is 116 cm³/mol. The number of methoxy groups -OCH3 is 1. The molecule has 0 amide bonds. The van der Waals surface area contributed by atoms with Gasteiger partial charge in [-0.1, -0.05) is 12.1 Å². The van der Waals surface area contributed by atoms with E-state index >= 15 is 0 Å². The number of benzene rings is 3. The zero-order valence-electron chi connectivity index (χ0n) is 17.1. The number of likely N-dealkylation sites (N-methyl/N-ethyl adjacent to an activating group) is 1. The lowest BCUT2D eigenvalue weighted by molar-refractivity contribution is 0.174. The van der Waals surface area contributed by atoms with Gasteiger partial charge in [-0.05, 0) is 43.7 Å². The van der Waals surface area contributed by atoms with E-state index in [4.69, 9.17) is 14.2 Å². The Hall–Kier alpha value is -3.45. The topological polar surface area (TPSA) is 73.2 Å². The largest absolute Gasteiger partial charge is 0.504 e. The van der Waals surface area contributed by atoms with Crippen LogP contribution < -0.4 is 19.8 Å². The molecule has 3 aromatic carbocycles. The van der Waals surface area contributed by atoms with Gasteiger partial charge >= 0.3 is 0 Å². The van der Waals surface area contributed by atoms with Crippen LogP contribution in [0, 0.1) is 0 Å². The van der Waals surface area contributed by atoms with Crippen LogP contribution in [0.1, 0.15) is 0 Å². The van der Waals surface area contributed by atoms with Crippen molar-refractivity contribution < 1.29 is 19.3 Å². The molecular weight excluding hydrogens is 384 g/mol. The Morgan fingerprint density at radius 2 is 1.80 bits per heavy atom. The molecule has 1 aromatic heterocycles. The monoisotopic (exact) mass is 406 g/mol. The van der Waals surface area contributed by atoms with E-state index in [2.05, 4.69) is 0 Å². The van der Waals surface area contributed by atoms with Crippen molar-refractivity contribution in [2.45, 2.75) is 6.54 Å². The summed E-state index contributed by atoms with van der Waals surface area (Å²) in [4.78, 5) is 15.6. The van der Waals surface area contributed by atoms with E-state index in [1.54, 1.807) is 16.7 Å². The van der Waals surface area contributed by atoms with Gasteiger partial charge in [0, 0.05) is 29.2 Å². The zero-order chi connectivity index (χ0) is 21.0. The number of hydrogen-bond acceptors (Lipinski definition) is 6. The Bertz CT molecular complexity index is 1370. The second-order valence-corrected chi connectivity index (χ2v) is 7.72. The summed E-state index contributed by atoms with van der Waals surface area (Å²) in [6.07, 6.45) is 0. The van der Waals surface area contributed by atoms with Crippen LogP contribution in [0.15, 0.2) is 41.2 Å². The Morgan fingerprint density at radius 3 is 2.53 bits per heavy atom. The number of aromatic nitrogens is 1. The van der Waals surface area contributed by atoms with E-state index in [0.717, 1.165) is 21.7 Å². The van der Waals surface area contributed by atoms with Crippen LogP contribution in [0.3, 0.4) is 0 Å². The van der Waals surface area contributed by atoms with Crippen LogP contribution in [-0.4, -0.2) is 49.1 Å². The van der Waals surface area contributed by atoms with Gasteiger partial charge in [0.1, 0.15) is 0 Å². The van der Waals surface area contributed by atoms with Crippen molar-refractivity contribution in [3.8, 4) is 23.0 Å². The highest BCUT2D eigenvalue weighted by Gasteiger charge is 2.20. The summed E-state index contributed by atoms with van der Waals surface area (Å²) in [5.74, 6) is 1.65. The van der Waals surface area contributed by atoms with Gasteiger partial charge in [-0.3, -0.25) is 4.79 Å². The number of phenolic OH excluding ortho intramolecular Hbond substituents is 1. The number of phenols is 1. The first-order valence-electron chi connectivity index (χ1n) is 9.72. The Balaban J connectivity index is 1.95. The van der Waals surface area contributed by atoms with Crippen molar-refractivity contribution in [3.05, 3.63) is 46.8 Å². The number of hydrogen-bond donors (Lipinski definition) is 1. The van der Waals surface area contributed by atoms with E-state index in [1.165, 1.54) is 7.11 Å². The summed E-state index contributed by atoms with van der Waals surface area (Å²) >= 11 is 0. The van der Waals surface area contributed by atoms with Gasteiger partial charge in [0.25, 0.3) is 5.56 Å². The van der Waals surface area contributed by atoms with Gasteiger partial charge in [-0.25, -0.2) is 0 Å². The lowest BCUT2D eigenvalue weighted by Crippen LogP contribution is -2.27. The van der Waals surface area contributed by atoms with Gasteiger partial charge in [-0.15, -0.1) is 0 Å². The first-order chi connectivity index (χ1) is 14.5. The van der Waals surface area contributed by atoms with Crippen molar-refractivity contribution >= 4 is 32.4 Å². The average Bonchev–Trinajstić information content (AvgIpc) is 3.18. The summed E-state index contributed by atoms with van der Waals surface area (Å²) in [6, 6.07) is 11.1. The number of aromatic hydroxyl groups is 1. The molecule has 7 heteroatoms. The van der Waals surface area contributed by atoms with Crippen LogP contribution in [0.25, 0.3) is 32.4 Å². The number of rotatable bonds is 4. The maximum Gasteiger partial charge on any atom is 0.259 e. The molecule has 0 aliphatic carbocycles. The third kappa shape index (κ3) is 2.74. The first-order valence-corrected chi connectivity index (χ1v) is 9.72. The summed E-state index contributed by atoms with van der Waals surface area (Å²) < 4.78 is 18.2. The smallest absolute Gasteiger partial charge is 0.259 e. The van der Waals surface area contributed by atoms with Gasteiger partial charge < -0.3 is 28.8 Å². The van der Waals surface area contributed by atoms with Crippen LogP contribution in [-0.2, 0) is 6.54 Å². The maximum atomic E-state index is 13.6. The molecule has 0 saturated carbocycles. The lowest BCUT2D eigenvalue weighted by atomic mass is 10.00. The Kier molecular flexibility index (Phi) is 4.22. The molecule has 154 valence electrons. The summed E-state index contributed by atoms with van der Waals surface area (Å²) in [6.45, 7) is 1.42. The SMILES string of the molecule is COc1cc2c(=O)n(CCN(C)C)c3c4cc5c(cc4ccc3c2cc1O)OCO5. The number of pyridine rings is 1. The first kappa shape index (κ1) is 18.6. The molecule has 2 heterocycles. The second kappa shape index (κ2) is 6.81. The van der Waals surface area contributed by atoms with Gasteiger partial charge in [0.15, 0.2) is 23.0 Å². The van der Waals surface area contributed by atoms with E-state index in [-0.39, 0.29) is 23.9 Å². The lowest BCUT2D eigenvalue weighted by Gasteiger charge is -2.18. The van der Waals surface area contributed by atoms with Gasteiger partial charge in [0.05, 0.1) is 18.0 Å². The third-order valence-electron chi connectivity index (χ3n) is 5.61. The highest BCUT2D eigenvalue weighted by molar-refractivity contribution is 6.16. The number of nitrogens with zero attached hydrogens (tertiary/aromatic N) is 2. The minimum atomic E-state index is -0.122. The van der Waals surface area contributed by atoms with Crippen molar-refractivity contribution in [3.63, 3.8) is 0 Å². The van der Waals surface area contributed by atoms with E-state index in [0.29, 0.717) is 35.4 Å². The van der Waals surface area contributed by atoms with Crippen LogP contribution in [0.5, 0.6) is 23.0 Å². The number of ether oxygens (including phenoxy) is 3. The average molecular weight is 406 g/mol. The molecule has 4 aromatic rings. The highest BCUT2D eigenvalue weighted by Crippen LogP contribution is 2.40. The molecule has 0 radical (unpaired) electrons. The van der Waals surface area contributed by atoms with Crippen molar-refractivity contribution in [1.82, 2.24) is 9.47 Å². The fraction of sp³-hybridized carbons (Fsp3) is 0.261. The molecular formula is C23H22N2O5. The fourth-order valence-electron chi connectivity index (χ4n) is 4.10. The highest BCUT2D eigenvalue weighted by atomic mass is 16.7. The normalized spacial score (nSPS) is 13.1. The predicted octanol–water partition coefficient (Wildman–Crippen LogP) is 3.31. The van der Waals surface area contributed by atoms with Gasteiger partial charge in [0.2, 0.25) is 6.79 Å². The molecule has 0 atom stereocenters. The summed E-state index contributed by atoms with van der Waals surface area (Å²) in [7, 11) is 5.43. The number of fused-ring (bicyclic) bond motifs is 6. The van der Waals surface area contributed by atoms with E-state index < -0.39 is 0 Å². The van der Waals surface area contributed by atoms with Crippen LogP contribution in [0.2, 0.25) is 0 Å². The zero-order valence-corrected chi connectivity index (χ0v) is 17.1.